The maximum Gasteiger partial charge on any atom is 0.257 e. The standard InChI is InChI=1S/C30H38N4O2/c1-21(23-8-4-2-5-9-23)32-29(35)24-12-15-28-26(18-24)27(30(36)33-28)19-31-25-13-10-22(11-14-25)20-34-16-6-3-7-17-34/h10-15,18-19,21,23,31H,2-9,16-17,20H2,1H3,(H,32,35)(H,33,36)/t21-/m1/s1. The summed E-state index contributed by atoms with van der Waals surface area (Å²) in [4.78, 5) is 28.2. The fraction of sp³-hybridized carbons (Fsp3) is 0.467. The molecule has 36 heavy (non-hydrogen) atoms. The van der Waals surface area contributed by atoms with Crippen LogP contribution in [0.5, 0.6) is 0 Å². The highest BCUT2D eigenvalue weighted by atomic mass is 16.2. The van der Waals surface area contributed by atoms with Gasteiger partial charge in [0.05, 0.1) is 5.57 Å². The average molecular weight is 487 g/mol. The van der Waals surface area contributed by atoms with Crippen LogP contribution in [-0.4, -0.2) is 35.8 Å². The number of benzene rings is 2. The van der Waals surface area contributed by atoms with Gasteiger partial charge in [0.15, 0.2) is 0 Å². The second-order valence-corrected chi connectivity index (χ2v) is 10.6. The molecule has 5 rings (SSSR count). The van der Waals surface area contributed by atoms with E-state index in [0.717, 1.165) is 23.5 Å². The Morgan fingerprint density at radius 2 is 1.75 bits per heavy atom. The predicted octanol–water partition coefficient (Wildman–Crippen LogP) is 5.78. The number of likely N-dealkylation sites (tertiary alicyclic amines) is 1. The van der Waals surface area contributed by atoms with Gasteiger partial charge in [-0.3, -0.25) is 14.5 Å². The van der Waals surface area contributed by atoms with E-state index >= 15 is 0 Å². The van der Waals surface area contributed by atoms with Gasteiger partial charge in [-0.05, 0) is 87.5 Å². The molecule has 0 radical (unpaired) electrons. The van der Waals surface area contributed by atoms with Crippen LogP contribution in [0.3, 0.4) is 0 Å². The number of hydrogen-bond acceptors (Lipinski definition) is 4. The summed E-state index contributed by atoms with van der Waals surface area (Å²) in [6.45, 7) is 5.46. The number of carbonyl (C=O) groups is 2. The summed E-state index contributed by atoms with van der Waals surface area (Å²) in [6, 6.07) is 14.0. The summed E-state index contributed by atoms with van der Waals surface area (Å²) in [5, 5.41) is 9.38. The summed E-state index contributed by atoms with van der Waals surface area (Å²) in [7, 11) is 0. The number of amides is 2. The van der Waals surface area contributed by atoms with E-state index in [1.54, 1.807) is 12.3 Å². The zero-order valence-electron chi connectivity index (χ0n) is 21.3. The van der Waals surface area contributed by atoms with Crippen molar-refractivity contribution in [2.24, 2.45) is 5.92 Å². The molecule has 2 aliphatic heterocycles. The molecule has 6 heteroatoms. The first-order valence-electron chi connectivity index (χ1n) is 13.6. The first-order chi connectivity index (χ1) is 17.6. The number of rotatable bonds is 7. The molecule has 190 valence electrons. The van der Waals surface area contributed by atoms with E-state index in [0.29, 0.717) is 17.1 Å². The van der Waals surface area contributed by atoms with Crippen LogP contribution in [-0.2, 0) is 11.3 Å². The highest BCUT2D eigenvalue weighted by Gasteiger charge is 2.26. The van der Waals surface area contributed by atoms with Gasteiger partial charge < -0.3 is 16.0 Å². The molecule has 2 heterocycles. The molecule has 0 unspecified atom stereocenters. The molecule has 1 aliphatic carbocycles. The average Bonchev–Trinajstić information content (AvgIpc) is 3.23. The van der Waals surface area contributed by atoms with Crippen molar-refractivity contribution < 1.29 is 9.59 Å². The lowest BCUT2D eigenvalue weighted by Gasteiger charge is -2.28. The topological polar surface area (TPSA) is 73.5 Å². The molecule has 0 bridgehead atoms. The number of anilines is 2. The summed E-state index contributed by atoms with van der Waals surface area (Å²) in [5.41, 5.74) is 4.85. The Kier molecular flexibility index (Phi) is 7.71. The lowest BCUT2D eigenvalue weighted by Crippen LogP contribution is -2.38. The fourth-order valence-electron chi connectivity index (χ4n) is 5.75. The fourth-order valence-corrected chi connectivity index (χ4v) is 5.75. The van der Waals surface area contributed by atoms with Gasteiger partial charge in [0.1, 0.15) is 0 Å². The monoisotopic (exact) mass is 486 g/mol. The predicted molar refractivity (Wildman–Crippen MR) is 146 cm³/mol. The Hall–Kier alpha value is -3.12. The third kappa shape index (κ3) is 5.81. The molecule has 3 aliphatic rings. The van der Waals surface area contributed by atoms with Gasteiger partial charge in [-0.25, -0.2) is 0 Å². The van der Waals surface area contributed by atoms with E-state index in [1.807, 2.05) is 12.1 Å². The van der Waals surface area contributed by atoms with Gasteiger partial charge in [-0.2, -0.15) is 0 Å². The SMILES string of the molecule is C[C@@H](NC(=O)c1ccc2c(c1)C(=CNc1ccc(CN3CCCCC3)cc1)C(=O)N2)C1CCCCC1. The Morgan fingerprint density at radius 1 is 1.03 bits per heavy atom. The minimum absolute atomic E-state index is 0.0770. The first-order valence-corrected chi connectivity index (χ1v) is 13.6. The molecule has 3 N–H and O–H groups in total. The van der Waals surface area contributed by atoms with Crippen LogP contribution in [0.2, 0.25) is 0 Å². The van der Waals surface area contributed by atoms with Gasteiger partial charge in [0, 0.05) is 41.3 Å². The Morgan fingerprint density at radius 3 is 2.50 bits per heavy atom. The summed E-state index contributed by atoms with van der Waals surface area (Å²) in [6.07, 6.45) is 11.8. The summed E-state index contributed by atoms with van der Waals surface area (Å²) < 4.78 is 0. The van der Waals surface area contributed by atoms with Crippen molar-refractivity contribution in [3.05, 3.63) is 65.4 Å². The zero-order valence-corrected chi connectivity index (χ0v) is 21.3. The molecule has 2 aromatic carbocycles. The summed E-state index contributed by atoms with van der Waals surface area (Å²) >= 11 is 0. The number of fused-ring (bicyclic) bond motifs is 1. The number of nitrogens with one attached hydrogen (secondary N) is 3. The van der Waals surface area contributed by atoms with Crippen molar-refractivity contribution in [2.75, 3.05) is 23.7 Å². The van der Waals surface area contributed by atoms with Crippen molar-refractivity contribution in [1.29, 1.82) is 0 Å². The number of hydrogen-bond donors (Lipinski definition) is 3. The van der Waals surface area contributed by atoms with E-state index in [4.69, 9.17) is 0 Å². The Balaban J connectivity index is 1.24. The van der Waals surface area contributed by atoms with Gasteiger partial charge in [-0.1, -0.05) is 37.8 Å². The lowest BCUT2D eigenvalue weighted by atomic mass is 9.84. The maximum absolute atomic E-state index is 13.0. The Bertz CT molecular complexity index is 1110. The van der Waals surface area contributed by atoms with Crippen molar-refractivity contribution in [3.8, 4) is 0 Å². The molecule has 2 fully saturated rings. The molecule has 2 amide bonds. The van der Waals surface area contributed by atoms with Gasteiger partial charge in [-0.15, -0.1) is 0 Å². The molecule has 0 aromatic heterocycles. The normalized spacial score (nSPS) is 20.6. The van der Waals surface area contributed by atoms with Crippen LogP contribution < -0.4 is 16.0 Å². The van der Waals surface area contributed by atoms with Crippen molar-refractivity contribution in [3.63, 3.8) is 0 Å². The van der Waals surface area contributed by atoms with Crippen LogP contribution in [0.1, 0.15) is 79.8 Å². The molecule has 2 aromatic rings. The van der Waals surface area contributed by atoms with Gasteiger partial charge in [0.25, 0.3) is 11.8 Å². The molecule has 6 nitrogen and oxygen atoms in total. The minimum atomic E-state index is -0.160. The molecular formula is C30H38N4O2. The minimum Gasteiger partial charge on any atom is -0.361 e. The van der Waals surface area contributed by atoms with Gasteiger partial charge in [0.2, 0.25) is 0 Å². The highest BCUT2D eigenvalue weighted by molar-refractivity contribution is 6.32. The molecule has 0 spiro atoms. The number of carbonyl (C=O) groups excluding carboxylic acids is 2. The Labute approximate surface area is 214 Å². The van der Waals surface area contributed by atoms with Crippen LogP contribution >= 0.6 is 0 Å². The summed E-state index contributed by atoms with van der Waals surface area (Å²) in [5.74, 6) is 0.311. The molecule has 1 saturated carbocycles. The second-order valence-electron chi connectivity index (χ2n) is 10.6. The van der Waals surface area contributed by atoms with E-state index in [2.05, 4.69) is 52.0 Å². The van der Waals surface area contributed by atoms with E-state index in [-0.39, 0.29) is 17.9 Å². The number of nitrogens with zero attached hydrogens (tertiary/aromatic N) is 1. The largest absolute Gasteiger partial charge is 0.361 e. The van der Waals surface area contributed by atoms with E-state index in [1.165, 1.54) is 70.0 Å². The van der Waals surface area contributed by atoms with Crippen molar-refractivity contribution in [1.82, 2.24) is 10.2 Å². The second kappa shape index (κ2) is 11.3. The van der Waals surface area contributed by atoms with E-state index in [9.17, 15) is 9.59 Å². The van der Waals surface area contributed by atoms with Gasteiger partial charge >= 0.3 is 0 Å². The maximum atomic E-state index is 13.0. The van der Waals surface area contributed by atoms with Crippen molar-refractivity contribution in [2.45, 2.75) is 70.9 Å². The molecule has 1 atom stereocenters. The van der Waals surface area contributed by atoms with Crippen LogP contribution in [0.25, 0.3) is 5.57 Å². The van der Waals surface area contributed by atoms with Crippen LogP contribution in [0.4, 0.5) is 11.4 Å². The number of piperidine rings is 1. The first kappa shape index (κ1) is 24.6. The zero-order chi connectivity index (χ0) is 24.9. The quantitative estimate of drug-likeness (QED) is 0.434. The third-order valence-corrected chi connectivity index (χ3v) is 7.97. The molecular weight excluding hydrogens is 448 g/mol. The lowest BCUT2D eigenvalue weighted by molar-refractivity contribution is -0.110. The van der Waals surface area contributed by atoms with Crippen molar-refractivity contribution >= 4 is 28.8 Å². The third-order valence-electron chi connectivity index (χ3n) is 7.97. The van der Waals surface area contributed by atoms with Crippen LogP contribution in [0, 0.1) is 5.92 Å². The molecule has 1 saturated heterocycles. The highest BCUT2D eigenvalue weighted by Crippen LogP contribution is 2.33. The smallest absolute Gasteiger partial charge is 0.257 e. The van der Waals surface area contributed by atoms with E-state index < -0.39 is 0 Å². The van der Waals surface area contributed by atoms with Crippen LogP contribution in [0.15, 0.2) is 48.7 Å².